The number of nitrogens with zero attached hydrogens (tertiary/aromatic N) is 4. The Balaban J connectivity index is 1.80. The number of imidazole rings is 1. The van der Waals surface area contributed by atoms with Gasteiger partial charge in [-0.2, -0.15) is 4.98 Å². The van der Waals surface area contributed by atoms with Gasteiger partial charge in [-0.05, 0) is 17.7 Å². The predicted octanol–water partition coefficient (Wildman–Crippen LogP) is 1.01. The number of anilines is 1. The number of hydrogen-bond acceptors (Lipinski definition) is 10. The van der Waals surface area contributed by atoms with Crippen LogP contribution in [-0.2, 0) is 30.3 Å². The van der Waals surface area contributed by atoms with Gasteiger partial charge in [-0.1, -0.05) is 12.1 Å². The van der Waals surface area contributed by atoms with Crippen LogP contribution in [0.15, 0.2) is 35.3 Å². The van der Waals surface area contributed by atoms with Gasteiger partial charge in [0.2, 0.25) is 5.95 Å². The molecule has 1 aliphatic rings. The quantitative estimate of drug-likeness (QED) is 0.495. The molecule has 2 N–H and O–H groups in total. The van der Waals surface area contributed by atoms with Crippen LogP contribution in [0.5, 0.6) is 5.75 Å². The molecule has 3 atom stereocenters. The van der Waals surface area contributed by atoms with E-state index in [1.807, 2.05) is 18.2 Å². The first-order valence-electron chi connectivity index (χ1n) is 10.6. The Labute approximate surface area is 194 Å². The van der Waals surface area contributed by atoms with E-state index in [4.69, 9.17) is 24.7 Å². The Morgan fingerprint density at radius 3 is 2.79 bits per heavy atom. The smallest absolute Gasteiger partial charge is 0.332 e. The second kappa shape index (κ2) is 9.51. The van der Waals surface area contributed by atoms with Gasteiger partial charge in [0.05, 0.1) is 39.5 Å². The van der Waals surface area contributed by atoms with Crippen molar-refractivity contribution in [1.29, 1.82) is 0 Å². The molecule has 0 aliphatic carbocycles. The molecule has 3 aromatic rings. The third-order valence-electron chi connectivity index (χ3n) is 5.54. The number of methoxy groups -OCH3 is 2. The number of benzene rings is 1. The summed E-state index contributed by atoms with van der Waals surface area (Å²) in [4.78, 5) is 45.5. The van der Waals surface area contributed by atoms with Crippen molar-refractivity contribution in [2.75, 3.05) is 20.0 Å². The van der Waals surface area contributed by atoms with E-state index in [-0.39, 0.29) is 31.0 Å². The van der Waals surface area contributed by atoms with Crippen molar-refractivity contribution in [3.05, 3.63) is 46.5 Å². The molecule has 0 bridgehead atoms. The minimum atomic E-state index is -1.02. The van der Waals surface area contributed by atoms with Crippen molar-refractivity contribution in [2.24, 2.45) is 0 Å². The van der Waals surface area contributed by atoms with Crippen LogP contribution in [0.25, 0.3) is 11.2 Å². The first-order chi connectivity index (χ1) is 16.3. The normalized spacial score (nSPS) is 19.8. The molecular formula is C22H25N5O7. The lowest BCUT2D eigenvalue weighted by molar-refractivity contribution is -0.153. The van der Waals surface area contributed by atoms with Crippen LogP contribution in [0.3, 0.4) is 0 Å². The number of hydrogen-bond donors (Lipinski definition) is 1. The van der Waals surface area contributed by atoms with Gasteiger partial charge in [-0.3, -0.25) is 14.2 Å². The van der Waals surface area contributed by atoms with E-state index in [1.165, 1.54) is 29.4 Å². The molecular weight excluding hydrogens is 446 g/mol. The topological polar surface area (TPSA) is 150 Å². The fraction of sp³-hybridized carbons (Fsp3) is 0.409. The molecule has 0 spiro atoms. The molecule has 0 saturated carbocycles. The zero-order valence-electron chi connectivity index (χ0n) is 19.0. The van der Waals surface area contributed by atoms with E-state index in [1.54, 1.807) is 13.2 Å². The van der Waals surface area contributed by atoms with Crippen LogP contribution in [0.2, 0.25) is 0 Å². The van der Waals surface area contributed by atoms with E-state index < -0.39 is 36.1 Å². The monoisotopic (exact) mass is 471 g/mol. The fourth-order valence-corrected chi connectivity index (χ4v) is 4.07. The van der Waals surface area contributed by atoms with Crippen LogP contribution in [0.1, 0.15) is 31.6 Å². The summed E-state index contributed by atoms with van der Waals surface area (Å²) in [6, 6.07) is 7.29. The second-order valence-electron chi connectivity index (χ2n) is 7.84. The summed E-state index contributed by atoms with van der Waals surface area (Å²) in [5.74, 6) is -0.409. The maximum absolute atomic E-state index is 13.6. The summed E-state index contributed by atoms with van der Waals surface area (Å²) in [5.41, 5.74) is 6.81. The minimum absolute atomic E-state index is 0.0343. The van der Waals surface area contributed by atoms with Gasteiger partial charge in [0, 0.05) is 13.3 Å². The van der Waals surface area contributed by atoms with Gasteiger partial charge in [0.15, 0.2) is 11.9 Å². The van der Waals surface area contributed by atoms with Crippen molar-refractivity contribution >= 4 is 29.1 Å². The molecule has 12 heteroatoms. The maximum Gasteiger partial charge on any atom is 0.332 e. The van der Waals surface area contributed by atoms with Gasteiger partial charge < -0.3 is 24.7 Å². The van der Waals surface area contributed by atoms with E-state index in [0.717, 1.165) is 5.56 Å². The summed E-state index contributed by atoms with van der Waals surface area (Å²) in [6.45, 7) is 1.46. The highest BCUT2D eigenvalue weighted by molar-refractivity contribution is 5.72. The third kappa shape index (κ3) is 4.57. The largest absolute Gasteiger partial charge is 0.497 e. The number of nitrogens with two attached hydrogens (primary N) is 1. The Morgan fingerprint density at radius 1 is 1.29 bits per heavy atom. The first-order valence-corrected chi connectivity index (χ1v) is 10.6. The highest BCUT2D eigenvalue weighted by Gasteiger charge is 2.42. The summed E-state index contributed by atoms with van der Waals surface area (Å²) >= 11 is 0. The molecule has 3 heterocycles. The Kier molecular flexibility index (Phi) is 6.50. The molecule has 1 aromatic carbocycles. The lowest BCUT2D eigenvalue weighted by Crippen LogP contribution is -2.34. The highest BCUT2D eigenvalue weighted by atomic mass is 16.6. The number of nitrogen functional groups attached to an aromatic ring is 1. The average molecular weight is 471 g/mol. The summed E-state index contributed by atoms with van der Waals surface area (Å²) in [5, 5.41) is 0. The number of esters is 2. The minimum Gasteiger partial charge on any atom is -0.497 e. The highest BCUT2D eigenvalue weighted by Crippen LogP contribution is 2.34. The number of aromatic nitrogens is 4. The zero-order chi connectivity index (χ0) is 24.4. The molecule has 12 nitrogen and oxygen atoms in total. The molecule has 0 unspecified atom stereocenters. The average Bonchev–Trinajstić information content (AvgIpc) is 3.30. The standard InChI is InChI=1S/C22H25N5O7/c1-12(28)33-17-8-15(9-18(29)32-3)34-20(17)27-19-16(10-24-21(23)25-19)26(22(27)30)11-13-5-4-6-14(7-13)31-2/h4-7,10,15,17,20H,8-9,11H2,1-3H3,(H2,23,24,25)/t15-,17+,20+/m0/s1. The third-order valence-corrected chi connectivity index (χ3v) is 5.54. The molecule has 4 rings (SSSR count). The lowest BCUT2D eigenvalue weighted by atomic mass is 10.1. The molecule has 1 saturated heterocycles. The number of ether oxygens (including phenoxy) is 4. The van der Waals surface area contributed by atoms with E-state index in [9.17, 15) is 14.4 Å². The lowest BCUT2D eigenvalue weighted by Gasteiger charge is -2.19. The maximum atomic E-state index is 13.6. The fourth-order valence-electron chi connectivity index (χ4n) is 4.07. The van der Waals surface area contributed by atoms with Crippen LogP contribution in [-0.4, -0.2) is 57.5 Å². The molecule has 1 aliphatic heterocycles. The summed E-state index contributed by atoms with van der Waals surface area (Å²) in [7, 11) is 2.83. The number of fused-ring (bicyclic) bond motifs is 1. The van der Waals surface area contributed by atoms with Crippen molar-refractivity contribution in [3.63, 3.8) is 0 Å². The van der Waals surface area contributed by atoms with E-state index in [0.29, 0.717) is 11.3 Å². The number of carbonyl (C=O) groups excluding carboxylic acids is 2. The van der Waals surface area contributed by atoms with Gasteiger partial charge in [-0.25, -0.2) is 14.3 Å². The number of carbonyl (C=O) groups is 2. The zero-order valence-corrected chi connectivity index (χ0v) is 19.0. The van der Waals surface area contributed by atoms with Gasteiger partial charge in [0.1, 0.15) is 17.4 Å². The van der Waals surface area contributed by atoms with Crippen molar-refractivity contribution in [2.45, 2.75) is 44.7 Å². The van der Waals surface area contributed by atoms with Crippen LogP contribution in [0, 0.1) is 0 Å². The van der Waals surface area contributed by atoms with Crippen molar-refractivity contribution < 1.29 is 28.5 Å². The molecule has 0 radical (unpaired) electrons. The number of rotatable bonds is 7. The predicted molar refractivity (Wildman–Crippen MR) is 119 cm³/mol. The summed E-state index contributed by atoms with van der Waals surface area (Å²) < 4.78 is 24.2. The Morgan fingerprint density at radius 2 is 2.09 bits per heavy atom. The van der Waals surface area contributed by atoms with Gasteiger partial charge in [-0.15, -0.1) is 0 Å². The van der Waals surface area contributed by atoms with E-state index in [2.05, 4.69) is 9.97 Å². The molecule has 180 valence electrons. The SMILES string of the molecule is COC(=O)C[C@@H]1C[C@@H](OC(C)=O)[C@H](n2c(=O)n(Cc3cccc(OC)c3)c3cnc(N)nc32)O1. The molecule has 1 fully saturated rings. The Bertz CT molecular complexity index is 1280. The first kappa shape index (κ1) is 23.2. The van der Waals surface area contributed by atoms with Crippen molar-refractivity contribution in [3.8, 4) is 5.75 Å². The molecule has 34 heavy (non-hydrogen) atoms. The van der Waals surface area contributed by atoms with Gasteiger partial charge >= 0.3 is 17.6 Å². The molecule has 0 amide bonds. The van der Waals surface area contributed by atoms with Gasteiger partial charge in [0.25, 0.3) is 0 Å². The van der Waals surface area contributed by atoms with Crippen LogP contribution < -0.4 is 16.2 Å². The van der Waals surface area contributed by atoms with Crippen LogP contribution in [0.4, 0.5) is 5.95 Å². The van der Waals surface area contributed by atoms with Crippen molar-refractivity contribution in [1.82, 2.24) is 19.1 Å². The summed E-state index contributed by atoms with van der Waals surface area (Å²) in [6.07, 6.45) is -0.859. The van der Waals surface area contributed by atoms with E-state index >= 15 is 0 Å². The Hall–Kier alpha value is -3.93. The van der Waals surface area contributed by atoms with Crippen LogP contribution >= 0.6 is 0 Å². The second-order valence-corrected chi connectivity index (χ2v) is 7.84. The molecule has 2 aromatic heterocycles.